The quantitative estimate of drug-likeness (QED) is 0.503. The van der Waals surface area contributed by atoms with Crippen molar-refractivity contribution >= 4 is 27.3 Å². The van der Waals surface area contributed by atoms with Gasteiger partial charge in [0.25, 0.3) is 11.6 Å². The van der Waals surface area contributed by atoms with Gasteiger partial charge in [0, 0.05) is 24.7 Å². The van der Waals surface area contributed by atoms with Gasteiger partial charge >= 0.3 is 0 Å². The summed E-state index contributed by atoms with van der Waals surface area (Å²) in [6.45, 7) is 2.98. The molecule has 0 aromatic heterocycles. The maximum absolute atomic E-state index is 13.1. The number of sulfonamides is 1. The monoisotopic (exact) mass is 434 g/mol. The van der Waals surface area contributed by atoms with Crippen LogP contribution >= 0.6 is 0 Å². The number of nitro benzene ring substituents is 1. The second-order valence-electron chi connectivity index (χ2n) is 6.55. The number of nitrogens with zero attached hydrogens (tertiary/aromatic N) is 2. The molecule has 1 amide bonds. The molecule has 0 bridgehead atoms. The summed E-state index contributed by atoms with van der Waals surface area (Å²) in [5.74, 6) is -0.616. The molecule has 160 valence electrons. The first kappa shape index (κ1) is 21.7. The molecule has 10 nitrogen and oxygen atoms in total. The molecule has 0 aliphatic carbocycles. The number of hydrogen-bond donors (Lipinski definition) is 2. The third kappa shape index (κ3) is 4.58. The maximum atomic E-state index is 13.1. The molecule has 11 heteroatoms. The predicted octanol–water partition coefficient (Wildman–Crippen LogP) is 1.93. The van der Waals surface area contributed by atoms with Crippen LogP contribution < -0.4 is 10.9 Å². The molecule has 0 atom stereocenters. The smallest absolute Gasteiger partial charge is 0.294 e. The van der Waals surface area contributed by atoms with E-state index in [1.165, 1.54) is 34.6 Å². The Bertz CT molecular complexity index is 1050. The summed E-state index contributed by atoms with van der Waals surface area (Å²) in [6, 6.07) is 10.3. The summed E-state index contributed by atoms with van der Waals surface area (Å²) in [4.78, 5) is 23.2. The third-order valence-corrected chi connectivity index (χ3v) is 6.69. The minimum Gasteiger partial charge on any atom is -0.379 e. The summed E-state index contributed by atoms with van der Waals surface area (Å²) < 4.78 is 32.7. The molecule has 0 saturated carbocycles. The average molecular weight is 434 g/mol. The normalized spacial score (nSPS) is 14.8. The Hall–Kier alpha value is -3.02. The highest BCUT2D eigenvalue weighted by molar-refractivity contribution is 7.89. The van der Waals surface area contributed by atoms with E-state index in [2.05, 4.69) is 10.9 Å². The van der Waals surface area contributed by atoms with E-state index in [4.69, 9.17) is 4.74 Å². The Kier molecular flexibility index (Phi) is 6.65. The van der Waals surface area contributed by atoms with Crippen molar-refractivity contribution in [3.63, 3.8) is 0 Å². The van der Waals surface area contributed by atoms with Crippen LogP contribution in [-0.2, 0) is 21.2 Å². The van der Waals surface area contributed by atoms with Crippen molar-refractivity contribution in [3.8, 4) is 0 Å². The number of amides is 1. The lowest BCUT2D eigenvalue weighted by Crippen LogP contribution is -2.41. The van der Waals surface area contributed by atoms with Crippen LogP contribution in [0.3, 0.4) is 0 Å². The van der Waals surface area contributed by atoms with Gasteiger partial charge in [-0.05, 0) is 30.2 Å². The summed E-state index contributed by atoms with van der Waals surface area (Å²) >= 11 is 0. The zero-order chi connectivity index (χ0) is 21.7. The van der Waals surface area contributed by atoms with Crippen LogP contribution in [0.5, 0.6) is 0 Å². The predicted molar refractivity (Wildman–Crippen MR) is 110 cm³/mol. The molecule has 1 fully saturated rings. The van der Waals surface area contributed by atoms with E-state index < -0.39 is 20.9 Å². The molecule has 0 radical (unpaired) electrons. The third-order valence-electron chi connectivity index (χ3n) is 4.71. The molecule has 2 aromatic rings. The van der Waals surface area contributed by atoms with Crippen molar-refractivity contribution in [1.29, 1.82) is 0 Å². The summed E-state index contributed by atoms with van der Waals surface area (Å²) in [5, 5.41) is 11.1. The number of nitrogens with one attached hydrogen (secondary N) is 2. The average Bonchev–Trinajstić information content (AvgIpc) is 2.77. The number of anilines is 1. The van der Waals surface area contributed by atoms with Gasteiger partial charge in [0.05, 0.1) is 23.0 Å². The lowest BCUT2D eigenvalue weighted by molar-refractivity contribution is -0.384. The van der Waals surface area contributed by atoms with Crippen LogP contribution in [0.1, 0.15) is 22.8 Å². The number of hydrazine groups is 1. The van der Waals surface area contributed by atoms with Gasteiger partial charge in [-0.3, -0.25) is 25.8 Å². The molecular weight excluding hydrogens is 412 g/mol. The van der Waals surface area contributed by atoms with E-state index in [-0.39, 0.29) is 34.9 Å². The molecule has 1 heterocycles. The van der Waals surface area contributed by atoms with E-state index in [0.717, 1.165) is 0 Å². The fraction of sp³-hybridized carbons (Fsp3) is 0.316. The van der Waals surface area contributed by atoms with Gasteiger partial charge in [0.1, 0.15) is 5.69 Å². The number of carbonyl (C=O) groups excluding carboxylic acids is 1. The van der Waals surface area contributed by atoms with Crippen LogP contribution in [0.25, 0.3) is 0 Å². The van der Waals surface area contributed by atoms with Crippen LogP contribution in [0, 0.1) is 10.1 Å². The van der Waals surface area contributed by atoms with Crippen LogP contribution in [-0.4, -0.2) is 49.9 Å². The van der Waals surface area contributed by atoms with E-state index in [1.807, 2.05) is 6.92 Å². The first-order valence-electron chi connectivity index (χ1n) is 9.35. The second-order valence-corrected chi connectivity index (χ2v) is 8.45. The van der Waals surface area contributed by atoms with Crippen LogP contribution in [0.4, 0.5) is 11.4 Å². The van der Waals surface area contributed by atoms with Gasteiger partial charge in [0.15, 0.2) is 0 Å². The van der Waals surface area contributed by atoms with Gasteiger partial charge in [-0.1, -0.05) is 25.1 Å². The minimum atomic E-state index is -3.78. The number of benzene rings is 2. The van der Waals surface area contributed by atoms with Gasteiger partial charge in [-0.2, -0.15) is 4.31 Å². The van der Waals surface area contributed by atoms with Crippen molar-refractivity contribution in [1.82, 2.24) is 9.73 Å². The maximum Gasteiger partial charge on any atom is 0.294 e. The molecule has 1 aliphatic rings. The van der Waals surface area contributed by atoms with Crippen LogP contribution in [0.15, 0.2) is 47.4 Å². The van der Waals surface area contributed by atoms with Crippen LogP contribution in [0.2, 0.25) is 0 Å². The van der Waals surface area contributed by atoms with Crippen molar-refractivity contribution in [2.24, 2.45) is 0 Å². The number of carbonyl (C=O) groups is 1. The van der Waals surface area contributed by atoms with E-state index >= 15 is 0 Å². The molecular formula is C19H22N4O6S. The summed E-state index contributed by atoms with van der Waals surface area (Å²) in [7, 11) is -3.78. The fourth-order valence-electron chi connectivity index (χ4n) is 3.09. The zero-order valence-electron chi connectivity index (χ0n) is 16.3. The highest BCUT2D eigenvalue weighted by Crippen LogP contribution is 2.24. The van der Waals surface area contributed by atoms with E-state index in [9.17, 15) is 23.3 Å². The molecule has 1 saturated heterocycles. The topological polar surface area (TPSA) is 131 Å². The first-order chi connectivity index (χ1) is 14.3. The highest BCUT2D eigenvalue weighted by Gasteiger charge is 2.29. The zero-order valence-corrected chi connectivity index (χ0v) is 17.1. The lowest BCUT2D eigenvalue weighted by atomic mass is 10.1. The SMILES string of the molecule is CCc1ccc(C(=O)NNc2ccccc2[N+](=O)[O-])cc1S(=O)(=O)N1CCOCC1. The standard InChI is InChI=1S/C19H22N4O6S/c1-2-14-7-8-15(13-18(14)30(27,28)22-9-11-29-12-10-22)19(24)21-20-16-5-3-4-6-17(16)23(25)26/h3-8,13,20H,2,9-12H2,1H3,(H,21,24). The Labute approximate surface area is 174 Å². The molecule has 2 aromatic carbocycles. The number of ether oxygens (including phenoxy) is 1. The van der Waals surface area contributed by atoms with Gasteiger partial charge < -0.3 is 4.74 Å². The minimum absolute atomic E-state index is 0.0743. The number of nitro groups is 1. The lowest BCUT2D eigenvalue weighted by Gasteiger charge is -2.27. The van der Waals surface area contributed by atoms with Gasteiger partial charge in [-0.15, -0.1) is 0 Å². The summed E-state index contributed by atoms with van der Waals surface area (Å²) in [6.07, 6.45) is 0.481. The molecule has 3 rings (SSSR count). The summed E-state index contributed by atoms with van der Waals surface area (Å²) in [5.41, 5.74) is 5.54. The number of aryl methyl sites for hydroxylation is 1. The number of rotatable bonds is 7. The number of para-hydroxylation sites is 2. The Morgan fingerprint density at radius 2 is 1.90 bits per heavy atom. The van der Waals surface area contributed by atoms with Crippen molar-refractivity contribution in [2.75, 3.05) is 31.7 Å². The van der Waals surface area contributed by atoms with Gasteiger partial charge in [-0.25, -0.2) is 8.42 Å². The van der Waals surface area contributed by atoms with E-state index in [0.29, 0.717) is 25.2 Å². The Balaban J connectivity index is 1.84. The Morgan fingerprint density at radius 3 is 2.57 bits per heavy atom. The van der Waals surface area contributed by atoms with Crippen molar-refractivity contribution < 1.29 is 22.9 Å². The van der Waals surface area contributed by atoms with Gasteiger partial charge in [0.2, 0.25) is 10.0 Å². The number of hydrogen-bond acceptors (Lipinski definition) is 7. The molecule has 1 aliphatic heterocycles. The van der Waals surface area contributed by atoms with E-state index in [1.54, 1.807) is 12.1 Å². The molecule has 0 unspecified atom stereocenters. The molecule has 30 heavy (non-hydrogen) atoms. The second kappa shape index (κ2) is 9.20. The Morgan fingerprint density at radius 1 is 1.20 bits per heavy atom. The number of morpholine rings is 1. The molecule has 0 spiro atoms. The highest BCUT2D eigenvalue weighted by atomic mass is 32.2. The first-order valence-corrected chi connectivity index (χ1v) is 10.8. The van der Waals surface area contributed by atoms with Crippen molar-refractivity contribution in [2.45, 2.75) is 18.2 Å². The van der Waals surface area contributed by atoms with Crippen molar-refractivity contribution in [3.05, 3.63) is 63.7 Å². The molecule has 2 N–H and O–H groups in total. The largest absolute Gasteiger partial charge is 0.379 e. The fourth-order valence-corrected chi connectivity index (χ4v) is 4.82.